The minimum Gasteiger partial charge on any atom is -0.748 e. The Balaban J connectivity index is 2.19. The first kappa shape index (κ1) is 15.5. The van der Waals surface area contributed by atoms with Gasteiger partial charge >= 0.3 is 0 Å². The molecule has 0 atom stereocenters. The van der Waals surface area contributed by atoms with Crippen molar-refractivity contribution in [3.05, 3.63) is 35.4 Å². The second-order valence-electron chi connectivity index (χ2n) is 4.43. The van der Waals surface area contributed by atoms with Crippen LogP contribution in [-0.2, 0) is 10.1 Å². The van der Waals surface area contributed by atoms with Gasteiger partial charge in [-0.1, -0.05) is 36.1 Å². The zero-order chi connectivity index (χ0) is 14.8. The molecule has 0 amide bonds. The maximum atomic E-state index is 10.7. The van der Waals surface area contributed by atoms with Gasteiger partial charge in [0.05, 0.1) is 20.8 Å². The number of hydrogen-bond acceptors (Lipinski definition) is 6. The summed E-state index contributed by atoms with van der Waals surface area (Å²) in [5, 5.41) is 0.974. The second kappa shape index (κ2) is 6.26. The van der Waals surface area contributed by atoms with E-state index in [1.54, 1.807) is 11.8 Å². The highest BCUT2D eigenvalue weighted by Gasteiger charge is 2.24. The third kappa shape index (κ3) is 4.05. The van der Waals surface area contributed by atoms with Crippen LogP contribution in [0.5, 0.6) is 0 Å². The Morgan fingerprint density at radius 1 is 1.45 bits per heavy atom. The molecule has 1 aliphatic heterocycles. The Morgan fingerprint density at radius 3 is 2.80 bits per heavy atom. The van der Waals surface area contributed by atoms with E-state index in [4.69, 9.17) is 12.2 Å². The van der Waals surface area contributed by atoms with Crippen LogP contribution in [0.4, 0.5) is 5.69 Å². The van der Waals surface area contributed by atoms with Crippen LogP contribution in [0.15, 0.2) is 40.3 Å². The molecule has 2 rings (SSSR count). The fraction of sp³-hybridized carbons (Fsp3) is 0.308. The fourth-order valence-electron chi connectivity index (χ4n) is 1.96. The van der Waals surface area contributed by atoms with Gasteiger partial charge in [-0.2, -0.15) is 0 Å². The molecule has 1 aromatic rings. The molecule has 0 saturated heterocycles. The number of hydrogen-bond donors (Lipinski definition) is 0. The van der Waals surface area contributed by atoms with E-state index in [1.807, 2.05) is 42.2 Å². The standard InChI is InChI=1S/C13H15NO3S3/c1-10(18)9-13-14(7-4-8-20(15,16)17)11-5-2-3-6-12(11)19-13/h2-3,5-6,9H,4,7-8H2,1H3,(H,15,16,17)/p-1. The molecule has 0 aliphatic carbocycles. The highest BCUT2D eigenvalue weighted by molar-refractivity contribution is 8.03. The average molecular weight is 328 g/mol. The SMILES string of the molecule is CC(=S)C=C1Sc2ccccc2N1CCCS(=O)(=O)[O-]. The Morgan fingerprint density at radius 2 is 2.15 bits per heavy atom. The lowest BCUT2D eigenvalue weighted by molar-refractivity contribution is 0.461. The number of para-hydroxylation sites is 1. The van der Waals surface area contributed by atoms with Crippen LogP contribution in [0, 0.1) is 0 Å². The van der Waals surface area contributed by atoms with Crippen LogP contribution in [-0.4, -0.2) is 30.1 Å². The third-order valence-corrected chi connectivity index (χ3v) is 4.76. The zero-order valence-corrected chi connectivity index (χ0v) is 13.4. The van der Waals surface area contributed by atoms with Gasteiger partial charge in [-0.25, -0.2) is 8.42 Å². The monoisotopic (exact) mass is 328 g/mol. The smallest absolute Gasteiger partial charge is 0.0946 e. The van der Waals surface area contributed by atoms with Crippen LogP contribution in [0.1, 0.15) is 13.3 Å². The molecule has 108 valence electrons. The van der Waals surface area contributed by atoms with Gasteiger partial charge in [0.1, 0.15) is 0 Å². The molecule has 20 heavy (non-hydrogen) atoms. The van der Waals surface area contributed by atoms with Crippen molar-refractivity contribution >= 4 is 44.6 Å². The summed E-state index contributed by atoms with van der Waals surface area (Å²) in [5.74, 6) is -0.347. The minimum atomic E-state index is -4.16. The molecule has 1 heterocycles. The van der Waals surface area contributed by atoms with Gasteiger partial charge in [-0.15, -0.1) is 0 Å². The van der Waals surface area contributed by atoms with Gasteiger partial charge < -0.3 is 9.45 Å². The molecule has 7 heteroatoms. The van der Waals surface area contributed by atoms with Crippen molar-refractivity contribution in [2.75, 3.05) is 17.2 Å². The lowest BCUT2D eigenvalue weighted by atomic mass is 10.3. The molecule has 0 spiro atoms. The molecular weight excluding hydrogens is 314 g/mol. The maximum Gasteiger partial charge on any atom is 0.0946 e. The number of thioether (sulfide) groups is 1. The van der Waals surface area contributed by atoms with Crippen LogP contribution < -0.4 is 4.90 Å². The highest BCUT2D eigenvalue weighted by Crippen LogP contribution is 2.45. The number of anilines is 1. The second-order valence-corrected chi connectivity index (χ2v) is 7.66. The van der Waals surface area contributed by atoms with Crippen LogP contribution >= 0.6 is 24.0 Å². The molecule has 0 saturated carbocycles. The number of benzene rings is 1. The van der Waals surface area contributed by atoms with Crippen LogP contribution in [0.3, 0.4) is 0 Å². The largest absolute Gasteiger partial charge is 0.748 e. The Hall–Kier alpha value is -0.890. The summed E-state index contributed by atoms with van der Waals surface area (Å²) >= 11 is 6.71. The van der Waals surface area contributed by atoms with Gasteiger partial charge in [0, 0.05) is 22.1 Å². The zero-order valence-electron chi connectivity index (χ0n) is 10.9. The molecule has 1 aromatic carbocycles. The maximum absolute atomic E-state index is 10.7. The van der Waals surface area contributed by atoms with Gasteiger partial charge in [0.25, 0.3) is 0 Å². The first-order chi connectivity index (χ1) is 9.37. The van der Waals surface area contributed by atoms with Crippen molar-refractivity contribution in [1.29, 1.82) is 0 Å². The summed E-state index contributed by atoms with van der Waals surface area (Å²) < 4.78 is 32.1. The summed E-state index contributed by atoms with van der Waals surface area (Å²) in [6, 6.07) is 7.88. The molecular formula is C13H14NO3S3-. The molecule has 0 bridgehead atoms. The molecule has 4 nitrogen and oxygen atoms in total. The van der Waals surface area contributed by atoms with E-state index >= 15 is 0 Å². The molecule has 0 N–H and O–H groups in total. The van der Waals surface area contributed by atoms with Crippen LogP contribution in [0.25, 0.3) is 0 Å². The van der Waals surface area contributed by atoms with E-state index in [1.165, 1.54) is 0 Å². The molecule has 0 aromatic heterocycles. The Bertz CT molecular complexity index is 653. The van der Waals surface area contributed by atoms with Crippen molar-refractivity contribution in [2.24, 2.45) is 0 Å². The summed E-state index contributed by atoms with van der Waals surface area (Å²) in [7, 11) is -4.16. The minimum absolute atomic E-state index is 0.300. The van der Waals surface area contributed by atoms with E-state index in [2.05, 4.69) is 0 Å². The number of allylic oxidation sites excluding steroid dienone is 1. The number of fused-ring (bicyclic) bond motifs is 1. The van der Waals surface area contributed by atoms with E-state index in [-0.39, 0.29) is 5.75 Å². The predicted octanol–water partition coefficient (Wildman–Crippen LogP) is 2.77. The number of thiocarbonyl (C=S) groups is 1. The lowest BCUT2D eigenvalue weighted by Crippen LogP contribution is -2.22. The van der Waals surface area contributed by atoms with Gasteiger partial charge in [0.2, 0.25) is 0 Å². The molecule has 1 aliphatic rings. The summed E-state index contributed by atoms with van der Waals surface area (Å²) in [5.41, 5.74) is 1.03. The van der Waals surface area contributed by atoms with Gasteiger partial charge in [-0.05, 0) is 31.6 Å². The molecule has 0 radical (unpaired) electrons. The summed E-state index contributed by atoms with van der Waals surface area (Å²) in [4.78, 5) is 3.89. The third-order valence-electron chi connectivity index (χ3n) is 2.74. The first-order valence-corrected chi connectivity index (χ1v) is 8.87. The predicted molar refractivity (Wildman–Crippen MR) is 85.2 cm³/mol. The fourth-order valence-corrected chi connectivity index (χ4v) is 3.82. The quantitative estimate of drug-likeness (QED) is 0.470. The van der Waals surface area contributed by atoms with E-state index < -0.39 is 10.1 Å². The Labute approximate surface area is 128 Å². The summed E-state index contributed by atoms with van der Waals surface area (Å²) in [6.07, 6.45) is 2.19. The normalized spacial score (nSPS) is 16.5. The summed E-state index contributed by atoms with van der Waals surface area (Å²) in [6.45, 7) is 2.33. The number of rotatable bonds is 5. The highest BCUT2D eigenvalue weighted by atomic mass is 32.2. The van der Waals surface area contributed by atoms with E-state index in [0.717, 1.165) is 20.5 Å². The van der Waals surface area contributed by atoms with E-state index in [9.17, 15) is 13.0 Å². The van der Waals surface area contributed by atoms with Crippen molar-refractivity contribution in [2.45, 2.75) is 18.2 Å². The van der Waals surface area contributed by atoms with Crippen molar-refractivity contribution in [3.63, 3.8) is 0 Å². The first-order valence-electron chi connectivity index (χ1n) is 6.07. The van der Waals surface area contributed by atoms with Crippen molar-refractivity contribution < 1.29 is 13.0 Å². The topological polar surface area (TPSA) is 60.4 Å². The van der Waals surface area contributed by atoms with Crippen molar-refractivity contribution in [3.8, 4) is 0 Å². The van der Waals surface area contributed by atoms with E-state index in [0.29, 0.717) is 13.0 Å². The lowest BCUT2D eigenvalue weighted by Gasteiger charge is -2.20. The number of nitrogens with zero attached hydrogens (tertiary/aromatic N) is 1. The molecule has 0 unspecified atom stereocenters. The van der Waals surface area contributed by atoms with Gasteiger partial charge in [0.15, 0.2) is 0 Å². The van der Waals surface area contributed by atoms with Crippen molar-refractivity contribution in [1.82, 2.24) is 0 Å². The van der Waals surface area contributed by atoms with Gasteiger partial charge in [-0.3, -0.25) is 0 Å². The average Bonchev–Trinajstić information content (AvgIpc) is 2.65. The Kier molecular flexibility index (Phi) is 4.85. The molecule has 0 fully saturated rings. The van der Waals surface area contributed by atoms with Crippen LogP contribution in [0.2, 0.25) is 0 Å².